The molecule has 1 aromatic rings. The first kappa shape index (κ1) is 11.0. The molecule has 2 rings (SSSR count). The topological polar surface area (TPSA) is 66.3 Å². The van der Waals surface area contributed by atoms with Gasteiger partial charge in [-0.3, -0.25) is 4.79 Å². The van der Waals surface area contributed by atoms with E-state index in [1.807, 2.05) is 0 Å². The van der Waals surface area contributed by atoms with Crippen LogP contribution in [-0.2, 0) is 0 Å². The van der Waals surface area contributed by atoms with Crippen molar-refractivity contribution in [2.75, 3.05) is 19.7 Å². The first-order valence-electron chi connectivity index (χ1n) is 5.48. The highest BCUT2D eigenvalue weighted by molar-refractivity contribution is 5.93. The Morgan fingerprint density at radius 1 is 1.56 bits per heavy atom. The summed E-state index contributed by atoms with van der Waals surface area (Å²) in [5, 5.41) is 16.4. The Kier molecular flexibility index (Phi) is 3.46. The Labute approximate surface area is 94.1 Å². The monoisotopic (exact) mass is 221 g/mol. The van der Waals surface area contributed by atoms with E-state index in [9.17, 15) is 4.79 Å². The van der Waals surface area contributed by atoms with Crippen molar-refractivity contribution in [3.05, 3.63) is 24.0 Å². The van der Waals surface area contributed by atoms with Crippen LogP contribution in [0, 0.1) is 5.92 Å². The molecular weight excluding hydrogens is 206 g/mol. The second-order valence-corrected chi connectivity index (χ2v) is 4.07. The van der Waals surface area contributed by atoms with Crippen LogP contribution in [0.25, 0.3) is 0 Å². The van der Waals surface area contributed by atoms with E-state index >= 15 is 0 Å². The maximum atomic E-state index is 12.0. The highest BCUT2D eigenvalue weighted by Crippen LogP contribution is 2.17. The summed E-state index contributed by atoms with van der Waals surface area (Å²) in [6, 6.07) is 1.66. The summed E-state index contributed by atoms with van der Waals surface area (Å²) in [5.74, 6) is 0.195. The molecule has 0 bridgehead atoms. The van der Waals surface area contributed by atoms with E-state index in [-0.39, 0.29) is 18.4 Å². The Morgan fingerprint density at radius 3 is 3.12 bits per heavy atom. The third-order valence-electron chi connectivity index (χ3n) is 2.90. The molecule has 5 heteroatoms. The maximum Gasteiger partial charge on any atom is 0.255 e. The van der Waals surface area contributed by atoms with Crippen LogP contribution in [0.4, 0.5) is 0 Å². The fraction of sp³-hybridized carbons (Fsp3) is 0.545. The van der Waals surface area contributed by atoms with Gasteiger partial charge in [0.1, 0.15) is 0 Å². The summed E-state index contributed by atoms with van der Waals surface area (Å²) in [4.78, 5) is 13.8. The zero-order chi connectivity index (χ0) is 11.4. The molecule has 1 unspecified atom stereocenters. The summed E-state index contributed by atoms with van der Waals surface area (Å²) in [6.07, 6.45) is 4.94. The molecule has 16 heavy (non-hydrogen) atoms. The van der Waals surface area contributed by atoms with Crippen molar-refractivity contribution < 1.29 is 9.90 Å². The SMILES string of the molecule is O=C(c1ccnnc1)N1CCCC(CO)C1. The van der Waals surface area contributed by atoms with Crippen LogP contribution in [0.5, 0.6) is 0 Å². The van der Waals surface area contributed by atoms with Gasteiger partial charge in [0.25, 0.3) is 5.91 Å². The van der Waals surface area contributed by atoms with Gasteiger partial charge < -0.3 is 10.0 Å². The Hall–Kier alpha value is -1.49. The van der Waals surface area contributed by atoms with Crippen LogP contribution < -0.4 is 0 Å². The smallest absolute Gasteiger partial charge is 0.255 e. The second-order valence-electron chi connectivity index (χ2n) is 4.07. The molecule has 1 aliphatic rings. The lowest BCUT2D eigenvalue weighted by Gasteiger charge is -2.31. The summed E-state index contributed by atoms with van der Waals surface area (Å²) in [6.45, 7) is 1.55. The first-order chi connectivity index (χ1) is 7.81. The molecule has 2 heterocycles. The van der Waals surface area contributed by atoms with Gasteiger partial charge in [-0.05, 0) is 24.8 Å². The minimum atomic E-state index is -0.0203. The number of carbonyl (C=O) groups is 1. The number of aliphatic hydroxyl groups is 1. The number of amides is 1. The number of aliphatic hydroxyl groups excluding tert-OH is 1. The molecule has 1 saturated heterocycles. The number of hydrogen-bond donors (Lipinski definition) is 1. The van der Waals surface area contributed by atoms with Crippen LogP contribution in [0.2, 0.25) is 0 Å². The van der Waals surface area contributed by atoms with E-state index in [0.717, 1.165) is 19.4 Å². The standard InChI is InChI=1S/C11H15N3O2/c15-8-9-2-1-5-14(7-9)11(16)10-3-4-12-13-6-10/h3-4,6,9,15H,1-2,5,7-8H2. The molecule has 0 radical (unpaired) electrons. The van der Waals surface area contributed by atoms with Crippen molar-refractivity contribution in [3.63, 3.8) is 0 Å². The number of likely N-dealkylation sites (tertiary alicyclic amines) is 1. The molecule has 0 aromatic carbocycles. The highest BCUT2D eigenvalue weighted by Gasteiger charge is 2.23. The predicted molar refractivity (Wildman–Crippen MR) is 57.7 cm³/mol. The Morgan fingerprint density at radius 2 is 2.44 bits per heavy atom. The van der Waals surface area contributed by atoms with Crippen molar-refractivity contribution in [2.45, 2.75) is 12.8 Å². The normalized spacial score (nSPS) is 20.8. The van der Waals surface area contributed by atoms with E-state index in [0.29, 0.717) is 12.1 Å². The van der Waals surface area contributed by atoms with E-state index in [1.165, 1.54) is 12.4 Å². The highest BCUT2D eigenvalue weighted by atomic mass is 16.3. The van der Waals surface area contributed by atoms with Gasteiger partial charge in [0, 0.05) is 19.7 Å². The quantitative estimate of drug-likeness (QED) is 0.781. The summed E-state index contributed by atoms with van der Waals surface area (Å²) < 4.78 is 0. The number of rotatable bonds is 2. The molecule has 1 amide bonds. The number of hydrogen-bond acceptors (Lipinski definition) is 4. The lowest BCUT2D eigenvalue weighted by atomic mass is 9.98. The van der Waals surface area contributed by atoms with Crippen LogP contribution in [0.15, 0.2) is 18.5 Å². The number of piperidine rings is 1. The van der Waals surface area contributed by atoms with Gasteiger partial charge in [0.05, 0.1) is 18.0 Å². The van der Waals surface area contributed by atoms with E-state index in [4.69, 9.17) is 5.11 Å². The van der Waals surface area contributed by atoms with Gasteiger partial charge in [0.15, 0.2) is 0 Å². The Balaban J connectivity index is 2.05. The van der Waals surface area contributed by atoms with Crippen LogP contribution in [-0.4, -0.2) is 45.8 Å². The van der Waals surface area contributed by atoms with Crippen LogP contribution in [0.3, 0.4) is 0 Å². The van der Waals surface area contributed by atoms with Gasteiger partial charge >= 0.3 is 0 Å². The number of carbonyl (C=O) groups excluding carboxylic acids is 1. The fourth-order valence-electron chi connectivity index (χ4n) is 2.00. The minimum absolute atomic E-state index is 0.0203. The van der Waals surface area contributed by atoms with Gasteiger partial charge in [-0.1, -0.05) is 0 Å². The van der Waals surface area contributed by atoms with Gasteiger partial charge in [0.2, 0.25) is 0 Å². The predicted octanol–water partition coefficient (Wildman–Crippen LogP) is 0.321. The van der Waals surface area contributed by atoms with Crippen LogP contribution >= 0.6 is 0 Å². The molecule has 1 fully saturated rings. The third kappa shape index (κ3) is 2.36. The fourth-order valence-corrected chi connectivity index (χ4v) is 2.00. The van der Waals surface area contributed by atoms with Gasteiger partial charge in [-0.2, -0.15) is 10.2 Å². The summed E-state index contributed by atoms with van der Waals surface area (Å²) >= 11 is 0. The molecule has 0 saturated carbocycles. The van der Waals surface area contributed by atoms with Gasteiger partial charge in [-0.15, -0.1) is 0 Å². The van der Waals surface area contributed by atoms with Crippen LogP contribution in [0.1, 0.15) is 23.2 Å². The third-order valence-corrected chi connectivity index (χ3v) is 2.90. The van der Waals surface area contributed by atoms with Crippen molar-refractivity contribution >= 4 is 5.91 Å². The molecular formula is C11H15N3O2. The average molecular weight is 221 g/mol. The Bertz CT molecular complexity index is 356. The van der Waals surface area contributed by atoms with Gasteiger partial charge in [-0.25, -0.2) is 0 Å². The van der Waals surface area contributed by atoms with E-state index in [2.05, 4.69) is 10.2 Å². The molecule has 86 valence electrons. The molecule has 0 aliphatic carbocycles. The summed E-state index contributed by atoms with van der Waals surface area (Å²) in [5.41, 5.74) is 0.564. The molecule has 1 aromatic heterocycles. The minimum Gasteiger partial charge on any atom is -0.396 e. The lowest BCUT2D eigenvalue weighted by Crippen LogP contribution is -2.40. The van der Waals surface area contributed by atoms with Crippen molar-refractivity contribution in [3.8, 4) is 0 Å². The molecule has 1 atom stereocenters. The van der Waals surface area contributed by atoms with Crippen molar-refractivity contribution in [1.29, 1.82) is 0 Å². The second kappa shape index (κ2) is 5.03. The number of aromatic nitrogens is 2. The molecule has 1 N–H and O–H groups in total. The zero-order valence-electron chi connectivity index (χ0n) is 9.04. The summed E-state index contributed by atoms with van der Waals surface area (Å²) in [7, 11) is 0. The largest absolute Gasteiger partial charge is 0.396 e. The molecule has 5 nitrogen and oxygen atoms in total. The average Bonchev–Trinajstić information content (AvgIpc) is 2.39. The lowest BCUT2D eigenvalue weighted by molar-refractivity contribution is 0.0620. The first-order valence-corrected chi connectivity index (χ1v) is 5.48. The molecule has 1 aliphatic heterocycles. The van der Waals surface area contributed by atoms with Crippen molar-refractivity contribution in [2.24, 2.45) is 5.92 Å². The van der Waals surface area contributed by atoms with E-state index < -0.39 is 0 Å². The molecule has 0 spiro atoms. The maximum absolute atomic E-state index is 12.0. The zero-order valence-corrected chi connectivity index (χ0v) is 9.04. The number of nitrogens with zero attached hydrogens (tertiary/aromatic N) is 3. The van der Waals surface area contributed by atoms with E-state index in [1.54, 1.807) is 11.0 Å². The van der Waals surface area contributed by atoms with Crippen molar-refractivity contribution in [1.82, 2.24) is 15.1 Å².